The van der Waals surface area contributed by atoms with Crippen LogP contribution in [0.5, 0.6) is 0 Å². The summed E-state index contributed by atoms with van der Waals surface area (Å²) in [5.41, 5.74) is 0. The Bertz CT molecular complexity index is 138. The van der Waals surface area contributed by atoms with Gasteiger partial charge in [-0.25, -0.2) is 0 Å². The summed E-state index contributed by atoms with van der Waals surface area (Å²) in [5.74, 6) is 2.07. The molecule has 13 heavy (non-hydrogen) atoms. The minimum Gasteiger partial charge on any atom is -0.303 e. The number of alkyl halides is 1. The Balaban J connectivity index is 1.84. The molecular weight excluding hydrogens is 226 g/mol. The van der Waals surface area contributed by atoms with Crippen LogP contribution in [0.2, 0.25) is 0 Å². The van der Waals surface area contributed by atoms with Crippen LogP contribution in [0.1, 0.15) is 32.1 Å². The predicted molar refractivity (Wildman–Crippen MR) is 60.3 cm³/mol. The summed E-state index contributed by atoms with van der Waals surface area (Å²) in [4.78, 5) is 2.70. The second kappa shape index (κ2) is 4.79. The van der Waals surface area contributed by atoms with Crippen molar-refractivity contribution in [3.63, 3.8) is 0 Å². The largest absolute Gasteiger partial charge is 0.303 e. The molecular formula is C11H20BrN. The molecule has 0 atom stereocenters. The molecule has 0 aromatic heterocycles. The zero-order chi connectivity index (χ0) is 9.10. The second-order valence-corrected chi connectivity index (χ2v) is 5.48. The average Bonchev–Trinajstić information content (AvgIpc) is 2.46. The summed E-state index contributed by atoms with van der Waals surface area (Å²) in [6, 6.07) is 0. The van der Waals surface area contributed by atoms with E-state index in [1.165, 1.54) is 57.1 Å². The lowest BCUT2D eigenvalue weighted by Gasteiger charge is -2.21. The van der Waals surface area contributed by atoms with Crippen LogP contribution >= 0.6 is 15.9 Å². The number of hydrogen-bond donors (Lipinski definition) is 0. The van der Waals surface area contributed by atoms with Crippen molar-refractivity contribution in [2.45, 2.75) is 32.1 Å². The fraction of sp³-hybridized carbons (Fsp3) is 1.00. The van der Waals surface area contributed by atoms with Gasteiger partial charge in [-0.05, 0) is 50.5 Å². The first-order chi connectivity index (χ1) is 6.38. The van der Waals surface area contributed by atoms with Gasteiger partial charge >= 0.3 is 0 Å². The maximum atomic E-state index is 3.51. The van der Waals surface area contributed by atoms with Gasteiger partial charge in [0.1, 0.15) is 0 Å². The van der Waals surface area contributed by atoms with Crippen molar-refractivity contribution in [2.75, 3.05) is 25.0 Å². The summed E-state index contributed by atoms with van der Waals surface area (Å²) in [5, 5.41) is 1.17. The maximum absolute atomic E-state index is 3.51. The van der Waals surface area contributed by atoms with Crippen LogP contribution in [0.15, 0.2) is 0 Å². The van der Waals surface area contributed by atoms with Gasteiger partial charge in [-0.1, -0.05) is 15.9 Å². The van der Waals surface area contributed by atoms with E-state index < -0.39 is 0 Å². The molecule has 3 rings (SSSR count). The first-order valence-electron chi connectivity index (χ1n) is 5.67. The molecule has 2 saturated heterocycles. The third kappa shape index (κ3) is 2.69. The minimum atomic E-state index is 1.04. The van der Waals surface area contributed by atoms with Crippen molar-refractivity contribution in [2.24, 2.45) is 11.8 Å². The number of halogens is 1. The smallest absolute Gasteiger partial charge is 0.00434 e. The SMILES string of the molecule is BrCCCN1CC2CCC(CC2)C1. The molecule has 2 aliphatic heterocycles. The van der Waals surface area contributed by atoms with Gasteiger partial charge in [0.25, 0.3) is 0 Å². The lowest BCUT2D eigenvalue weighted by molar-refractivity contribution is 0.254. The van der Waals surface area contributed by atoms with E-state index in [9.17, 15) is 0 Å². The van der Waals surface area contributed by atoms with Crippen LogP contribution in [0.4, 0.5) is 0 Å². The van der Waals surface area contributed by atoms with Crippen molar-refractivity contribution in [1.82, 2.24) is 4.90 Å². The molecule has 3 fully saturated rings. The third-order valence-electron chi connectivity index (χ3n) is 3.61. The zero-order valence-corrected chi connectivity index (χ0v) is 9.93. The van der Waals surface area contributed by atoms with Crippen molar-refractivity contribution in [3.05, 3.63) is 0 Å². The highest BCUT2D eigenvalue weighted by Crippen LogP contribution is 2.33. The van der Waals surface area contributed by atoms with Gasteiger partial charge in [-0.2, -0.15) is 0 Å². The number of rotatable bonds is 3. The van der Waals surface area contributed by atoms with Crippen LogP contribution in [0.25, 0.3) is 0 Å². The lowest BCUT2D eigenvalue weighted by Crippen LogP contribution is -2.29. The molecule has 1 saturated carbocycles. The summed E-state index contributed by atoms with van der Waals surface area (Å²) in [6.07, 6.45) is 7.36. The van der Waals surface area contributed by atoms with Crippen molar-refractivity contribution >= 4 is 15.9 Å². The molecule has 2 heteroatoms. The standard InChI is InChI=1S/C11H20BrN/c12-6-1-7-13-8-10-2-3-11(9-13)5-4-10/h10-11H,1-9H2. The van der Waals surface area contributed by atoms with Gasteiger partial charge in [0.2, 0.25) is 0 Å². The highest BCUT2D eigenvalue weighted by molar-refractivity contribution is 9.09. The Labute approximate surface area is 90.0 Å². The summed E-state index contributed by atoms with van der Waals surface area (Å²) in [6.45, 7) is 4.10. The van der Waals surface area contributed by atoms with Gasteiger partial charge in [0, 0.05) is 18.4 Å². The molecule has 2 heterocycles. The summed E-state index contributed by atoms with van der Waals surface area (Å²) in [7, 11) is 0. The van der Waals surface area contributed by atoms with Crippen molar-refractivity contribution in [1.29, 1.82) is 0 Å². The van der Waals surface area contributed by atoms with Gasteiger partial charge in [-0.3, -0.25) is 0 Å². The van der Waals surface area contributed by atoms with Gasteiger partial charge in [-0.15, -0.1) is 0 Å². The molecule has 0 aromatic carbocycles. The van der Waals surface area contributed by atoms with Crippen LogP contribution in [-0.4, -0.2) is 29.9 Å². The monoisotopic (exact) mass is 245 g/mol. The Morgan fingerprint density at radius 1 is 1.00 bits per heavy atom. The molecule has 1 aliphatic carbocycles. The molecule has 0 unspecified atom stereocenters. The molecule has 0 N–H and O–H groups in total. The van der Waals surface area contributed by atoms with Crippen molar-refractivity contribution in [3.8, 4) is 0 Å². The molecule has 0 aromatic rings. The van der Waals surface area contributed by atoms with E-state index >= 15 is 0 Å². The van der Waals surface area contributed by atoms with E-state index in [-0.39, 0.29) is 0 Å². The number of nitrogens with zero attached hydrogens (tertiary/aromatic N) is 1. The number of fused-ring (bicyclic) bond motifs is 4. The van der Waals surface area contributed by atoms with Crippen LogP contribution in [-0.2, 0) is 0 Å². The van der Waals surface area contributed by atoms with Gasteiger partial charge < -0.3 is 4.90 Å². The second-order valence-electron chi connectivity index (χ2n) is 4.69. The van der Waals surface area contributed by atoms with E-state index in [2.05, 4.69) is 20.8 Å². The molecule has 2 bridgehead atoms. The highest BCUT2D eigenvalue weighted by atomic mass is 79.9. The molecule has 0 amide bonds. The summed E-state index contributed by atoms with van der Waals surface area (Å²) >= 11 is 3.51. The zero-order valence-electron chi connectivity index (χ0n) is 8.34. The molecule has 3 aliphatic rings. The normalized spacial score (nSPS) is 34.8. The quantitative estimate of drug-likeness (QED) is 0.692. The van der Waals surface area contributed by atoms with Gasteiger partial charge in [0.05, 0.1) is 0 Å². The van der Waals surface area contributed by atoms with E-state index in [1.807, 2.05) is 0 Å². The Morgan fingerprint density at radius 3 is 2.00 bits per heavy atom. The van der Waals surface area contributed by atoms with Gasteiger partial charge in [0.15, 0.2) is 0 Å². The highest BCUT2D eigenvalue weighted by Gasteiger charge is 2.28. The van der Waals surface area contributed by atoms with Crippen LogP contribution in [0, 0.1) is 11.8 Å². The fourth-order valence-electron chi connectivity index (χ4n) is 2.87. The lowest BCUT2D eigenvalue weighted by atomic mass is 9.84. The molecule has 76 valence electrons. The first kappa shape index (κ1) is 9.97. The fourth-order valence-corrected chi connectivity index (χ4v) is 3.12. The molecule has 1 nitrogen and oxygen atoms in total. The molecule has 0 radical (unpaired) electrons. The van der Waals surface area contributed by atoms with Crippen LogP contribution in [0.3, 0.4) is 0 Å². The Morgan fingerprint density at radius 2 is 1.54 bits per heavy atom. The average molecular weight is 246 g/mol. The topological polar surface area (TPSA) is 3.24 Å². The third-order valence-corrected chi connectivity index (χ3v) is 4.17. The van der Waals surface area contributed by atoms with E-state index in [4.69, 9.17) is 0 Å². The Kier molecular flexibility index (Phi) is 3.67. The maximum Gasteiger partial charge on any atom is 0.00434 e. The van der Waals surface area contributed by atoms with E-state index in [0.29, 0.717) is 0 Å². The van der Waals surface area contributed by atoms with Crippen molar-refractivity contribution < 1.29 is 0 Å². The summed E-state index contributed by atoms with van der Waals surface area (Å²) < 4.78 is 0. The van der Waals surface area contributed by atoms with Crippen LogP contribution < -0.4 is 0 Å². The minimum absolute atomic E-state index is 1.04. The van der Waals surface area contributed by atoms with E-state index in [0.717, 1.165) is 11.8 Å². The number of hydrogen-bond acceptors (Lipinski definition) is 1. The predicted octanol–water partition coefficient (Wildman–Crippen LogP) is 2.89. The van der Waals surface area contributed by atoms with E-state index in [1.54, 1.807) is 0 Å². The Hall–Kier alpha value is 0.440. The first-order valence-corrected chi connectivity index (χ1v) is 6.79. The molecule has 0 spiro atoms.